The van der Waals surface area contributed by atoms with Gasteiger partial charge in [-0.1, -0.05) is 23.2 Å². The van der Waals surface area contributed by atoms with Crippen LogP contribution in [0.2, 0.25) is 0 Å². The van der Waals surface area contributed by atoms with Gasteiger partial charge >= 0.3 is 0 Å². The van der Waals surface area contributed by atoms with E-state index < -0.39 is 47.7 Å². The van der Waals surface area contributed by atoms with Crippen LogP contribution in [-0.2, 0) is 9.59 Å². The zero-order valence-electron chi connectivity index (χ0n) is 8.90. The van der Waals surface area contributed by atoms with Gasteiger partial charge in [0, 0.05) is 0 Å². The van der Waals surface area contributed by atoms with Gasteiger partial charge in [-0.3, -0.25) is 9.59 Å². The molecule has 0 aliphatic carbocycles. The Morgan fingerprint density at radius 2 is 1.61 bits per heavy atom. The number of hydrogen-bond acceptors (Lipinski definition) is 7. The van der Waals surface area contributed by atoms with E-state index in [9.17, 15) is 24.9 Å². The molecule has 18 heavy (non-hydrogen) atoms. The summed E-state index contributed by atoms with van der Waals surface area (Å²) in [5, 5.41) is 46.8. The van der Waals surface area contributed by atoms with Crippen LogP contribution >= 0.6 is 23.2 Å². The van der Waals surface area contributed by atoms with Crippen LogP contribution in [0.1, 0.15) is 0 Å². The Hall–Kier alpha value is -0.480. The highest BCUT2D eigenvalue weighted by molar-refractivity contribution is 6.53. The van der Waals surface area contributed by atoms with Crippen LogP contribution in [0.25, 0.3) is 0 Å². The lowest BCUT2D eigenvalue weighted by molar-refractivity contribution is -0.151. The molecule has 1 amide bonds. The SMILES string of the molecule is O=C(NC(O)C(=O)[C@H](O)[C@@H](O)[C@H](O)CO)C(Cl)Cl. The molecule has 6 N–H and O–H groups in total. The lowest BCUT2D eigenvalue weighted by Crippen LogP contribution is -2.52. The molecule has 0 aromatic heterocycles. The standard InChI is InChI=1S/C8H13Cl2NO7/c9-6(10)8(18)11-7(17)5(16)4(15)3(14)2(13)1-12/h2-4,6-7,12-15,17H,1H2,(H,11,18)/t2-,3+,4-,7?/m1/s1. The molecule has 0 aromatic rings. The van der Waals surface area contributed by atoms with Crippen molar-refractivity contribution in [3.8, 4) is 0 Å². The molecule has 0 aliphatic rings. The van der Waals surface area contributed by atoms with Crippen molar-refractivity contribution < 1.29 is 35.1 Å². The molecule has 106 valence electrons. The molecule has 0 radical (unpaired) electrons. The predicted octanol–water partition coefficient (Wildman–Crippen LogP) is -3.13. The van der Waals surface area contributed by atoms with E-state index in [1.807, 2.05) is 0 Å². The van der Waals surface area contributed by atoms with Crippen LogP contribution < -0.4 is 5.32 Å². The molecule has 0 aliphatic heterocycles. The third-order valence-electron chi connectivity index (χ3n) is 1.94. The zero-order chi connectivity index (χ0) is 14.5. The van der Waals surface area contributed by atoms with Gasteiger partial charge in [-0.15, -0.1) is 0 Å². The largest absolute Gasteiger partial charge is 0.394 e. The molecule has 0 saturated carbocycles. The summed E-state index contributed by atoms with van der Waals surface area (Å²) in [7, 11) is 0. The van der Waals surface area contributed by atoms with Crippen LogP contribution in [0, 0.1) is 0 Å². The van der Waals surface area contributed by atoms with Crippen LogP contribution in [0.15, 0.2) is 0 Å². The maximum atomic E-state index is 11.3. The summed E-state index contributed by atoms with van der Waals surface area (Å²) >= 11 is 10.3. The molecular weight excluding hydrogens is 293 g/mol. The minimum absolute atomic E-state index is 0.903. The Labute approximate surface area is 112 Å². The molecule has 0 spiro atoms. The fourth-order valence-electron chi connectivity index (χ4n) is 0.917. The van der Waals surface area contributed by atoms with Gasteiger partial charge in [0.05, 0.1) is 6.61 Å². The molecule has 0 rings (SSSR count). The van der Waals surface area contributed by atoms with E-state index in [1.165, 1.54) is 0 Å². The van der Waals surface area contributed by atoms with Crippen LogP contribution in [0.3, 0.4) is 0 Å². The van der Waals surface area contributed by atoms with Crippen molar-refractivity contribution in [2.75, 3.05) is 6.61 Å². The molecule has 1 unspecified atom stereocenters. The maximum absolute atomic E-state index is 11.3. The Bertz CT molecular complexity index is 301. The van der Waals surface area contributed by atoms with E-state index in [4.69, 9.17) is 33.4 Å². The highest BCUT2D eigenvalue weighted by atomic mass is 35.5. The maximum Gasteiger partial charge on any atom is 0.255 e. The van der Waals surface area contributed by atoms with Gasteiger partial charge in [0.1, 0.15) is 18.3 Å². The average Bonchev–Trinajstić information content (AvgIpc) is 2.34. The second kappa shape index (κ2) is 7.85. The second-order valence-corrected chi connectivity index (χ2v) is 4.40. The number of hydrogen-bond donors (Lipinski definition) is 6. The fourth-order valence-corrected chi connectivity index (χ4v) is 1.04. The quantitative estimate of drug-likeness (QED) is 0.215. The number of rotatable bonds is 7. The van der Waals surface area contributed by atoms with E-state index >= 15 is 0 Å². The van der Waals surface area contributed by atoms with Gasteiger partial charge in [0.2, 0.25) is 5.78 Å². The summed E-state index contributed by atoms with van der Waals surface area (Å²) in [4.78, 5) is 20.7. The van der Waals surface area contributed by atoms with Gasteiger partial charge in [-0.05, 0) is 0 Å². The normalized spacial score (nSPS) is 18.0. The summed E-state index contributed by atoms with van der Waals surface area (Å²) in [6, 6.07) is 0. The monoisotopic (exact) mass is 305 g/mol. The van der Waals surface area contributed by atoms with Crippen LogP contribution in [-0.4, -0.2) is 73.2 Å². The number of nitrogens with one attached hydrogen (secondary N) is 1. The van der Waals surface area contributed by atoms with E-state index in [0.717, 1.165) is 0 Å². The van der Waals surface area contributed by atoms with Gasteiger partial charge in [0.15, 0.2) is 11.1 Å². The lowest BCUT2D eigenvalue weighted by atomic mass is 10.0. The first kappa shape index (κ1) is 17.5. The molecule has 0 aromatic carbocycles. The number of halogens is 2. The van der Waals surface area contributed by atoms with Gasteiger partial charge < -0.3 is 30.8 Å². The molecule has 4 atom stereocenters. The third kappa shape index (κ3) is 5.02. The average molecular weight is 306 g/mol. The molecule has 0 saturated heterocycles. The molecule has 8 nitrogen and oxygen atoms in total. The Kier molecular flexibility index (Phi) is 7.64. The lowest BCUT2D eigenvalue weighted by Gasteiger charge is -2.22. The first-order valence-corrected chi connectivity index (χ1v) is 5.55. The Morgan fingerprint density at radius 1 is 1.11 bits per heavy atom. The summed E-state index contributed by atoms with van der Waals surface area (Å²) < 4.78 is 0. The van der Waals surface area contributed by atoms with Crippen molar-refractivity contribution in [1.82, 2.24) is 5.32 Å². The van der Waals surface area contributed by atoms with Crippen molar-refractivity contribution >= 4 is 34.9 Å². The number of aliphatic hydroxyl groups excluding tert-OH is 5. The molecule has 0 fully saturated rings. The summed E-state index contributed by atoms with van der Waals surface area (Å²) in [6.07, 6.45) is -8.16. The summed E-state index contributed by atoms with van der Waals surface area (Å²) in [5.74, 6) is -2.47. The minimum atomic E-state index is -2.20. The topological polar surface area (TPSA) is 147 Å². The zero-order valence-corrected chi connectivity index (χ0v) is 10.4. The van der Waals surface area contributed by atoms with Crippen molar-refractivity contribution in [1.29, 1.82) is 0 Å². The molecular formula is C8H13Cl2NO7. The van der Waals surface area contributed by atoms with Gasteiger partial charge in [-0.2, -0.15) is 0 Å². The van der Waals surface area contributed by atoms with Crippen molar-refractivity contribution in [3.63, 3.8) is 0 Å². The van der Waals surface area contributed by atoms with Crippen molar-refractivity contribution in [2.45, 2.75) is 29.4 Å². The van der Waals surface area contributed by atoms with E-state index in [0.29, 0.717) is 0 Å². The number of Topliss-reactive ketones (excluding diaryl/α,β-unsaturated/α-hetero) is 1. The number of amides is 1. The minimum Gasteiger partial charge on any atom is -0.394 e. The number of aliphatic hydroxyl groups is 5. The van der Waals surface area contributed by atoms with E-state index in [-0.39, 0.29) is 0 Å². The number of carbonyl (C=O) groups excluding carboxylic acids is 2. The van der Waals surface area contributed by atoms with E-state index in [1.54, 1.807) is 5.32 Å². The second-order valence-electron chi connectivity index (χ2n) is 3.30. The number of carbonyl (C=O) groups is 2. The highest BCUT2D eigenvalue weighted by Gasteiger charge is 2.34. The van der Waals surface area contributed by atoms with E-state index in [2.05, 4.69) is 0 Å². The first-order valence-electron chi connectivity index (χ1n) is 4.67. The molecule has 10 heteroatoms. The smallest absolute Gasteiger partial charge is 0.255 e. The van der Waals surface area contributed by atoms with Crippen molar-refractivity contribution in [2.24, 2.45) is 0 Å². The predicted molar refractivity (Wildman–Crippen MR) is 59.8 cm³/mol. The Balaban J connectivity index is 4.50. The van der Waals surface area contributed by atoms with Crippen molar-refractivity contribution in [3.05, 3.63) is 0 Å². The van der Waals surface area contributed by atoms with Gasteiger partial charge in [-0.25, -0.2) is 0 Å². The molecule has 0 heterocycles. The Morgan fingerprint density at radius 3 is 2.00 bits per heavy atom. The highest BCUT2D eigenvalue weighted by Crippen LogP contribution is 2.05. The summed E-state index contributed by atoms with van der Waals surface area (Å²) in [5.41, 5.74) is 0. The number of alkyl halides is 2. The fraction of sp³-hybridized carbons (Fsp3) is 0.750. The first-order chi connectivity index (χ1) is 8.22. The summed E-state index contributed by atoms with van der Waals surface area (Å²) in [6.45, 7) is -0.903. The van der Waals surface area contributed by atoms with Crippen LogP contribution in [0.4, 0.5) is 0 Å². The molecule has 0 bridgehead atoms. The van der Waals surface area contributed by atoms with Gasteiger partial charge in [0.25, 0.3) is 5.91 Å². The number of ketones is 1. The third-order valence-corrected chi connectivity index (χ3v) is 2.34. The van der Waals surface area contributed by atoms with Crippen LogP contribution in [0.5, 0.6) is 0 Å².